The van der Waals surface area contributed by atoms with Gasteiger partial charge in [0, 0.05) is 35.0 Å². The Labute approximate surface area is 105 Å². The van der Waals surface area contributed by atoms with Gasteiger partial charge < -0.3 is 10.4 Å². The van der Waals surface area contributed by atoms with Crippen LogP contribution < -0.4 is 5.32 Å². The van der Waals surface area contributed by atoms with Gasteiger partial charge in [-0.2, -0.15) is 0 Å². The molecule has 1 aliphatic heterocycles. The first-order chi connectivity index (χ1) is 8.22. The van der Waals surface area contributed by atoms with E-state index in [0.29, 0.717) is 23.6 Å². The highest BCUT2D eigenvalue weighted by Crippen LogP contribution is 2.44. The molecule has 1 heterocycles. The number of anilines is 1. The van der Waals surface area contributed by atoms with E-state index < -0.39 is 0 Å². The van der Waals surface area contributed by atoms with Gasteiger partial charge in [-0.3, -0.25) is 0 Å². The molecule has 0 bridgehead atoms. The normalized spacial score (nSPS) is 22.5. The Morgan fingerprint density at radius 1 is 1.29 bits per heavy atom. The maximum Gasteiger partial charge on any atom is 0.125 e. The van der Waals surface area contributed by atoms with Gasteiger partial charge in [0.15, 0.2) is 0 Å². The van der Waals surface area contributed by atoms with Crippen molar-refractivity contribution in [2.24, 2.45) is 0 Å². The highest BCUT2D eigenvalue weighted by Gasteiger charge is 2.30. The zero-order chi connectivity index (χ0) is 12.0. The van der Waals surface area contributed by atoms with Gasteiger partial charge in [0.2, 0.25) is 0 Å². The molecule has 0 radical (unpaired) electrons. The third-order valence-electron chi connectivity index (χ3n) is 3.59. The predicted octanol–water partition coefficient (Wildman–Crippen LogP) is 3.68. The molecule has 0 amide bonds. The smallest absolute Gasteiger partial charge is 0.125 e. The summed E-state index contributed by atoms with van der Waals surface area (Å²) in [5.41, 5.74) is 2.25. The molecule has 0 saturated carbocycles. The molecule has 2 atom stereocenters. The third-order valence-corrected chi connectivity index (χ3v) is 3.92. The van der Waals surface area contributed by atoms with Crippen molar-refractivity contribution in [1.82, 2.24) is 0 Å². The number of benzene rings is 2. The molecule has 2 aromatic rings. The van der Waals surface area contributed by atoms with E-state index in [2.05, 4.69) is 12.2 Å². The molecule has 88 valence electrons. The van der Waals surface area contributed by atoms with E-state index >= 15 is 0 Å². The molecule has 0 aliphatic carbocycles. The second-order valence-corrected chi connectivity index (χ2v) is 4.90. The minimum atomic E-state index is 0.303. The lowest BCUT2D eigenvalue weighted by Crippen LogP contribution is -2.16. The van der Waals surface area contributed by atoms with Crippen LogP contribution in [-0.4, -0.2) is 17.0 Å². The number of fused-ring (bicyclic) bond motifs is 3. The van der Waals surface area contributed by atoms with Crippen molar-refractivity contribution >= 4 is 28.1 Å². The van der Waals surface area contributed by atoms with Gasteiger partial charge in [-0.25, -0.2) is 0 Å². The van der Waals surface area contributed by atoms with E-state index in [4.69, 9.17) is 11.6 Å². The Kier molecular flexibility index (Phi) is 2.40. The summed E-state index contributed by atoms with van der Waals surface area (Å²) in [5, 5.41) is 15.4. The molecule has 3 heteroatoms. The van der Waals surface area contributed by atoms with Crippen LogP contribution in [0.25, 0.3) is 10.8 Å². The molecule has 0 aromatic heterocycles. The summed E-state index contributed by atoms with van der Waals surface area (Å²) in [4.78, 5) is 0. The minimum absolute atomic E-state index is 0.303. The monoisotopic (exact) mass is 247 g/mol. The molecule has 3 rings (SSSR count). The van der Waals surface area contributed by atoms with Crippen molar-refractivity contribution in [2.75, 3.05) is 11.2 Å². The fourth-order valence-corrected chi connectivity index (χ4v) is 3.13. The molecule has 2 N–H and O–H groups in total. The molecule has 0 unspecified atom stereocenters. The second kappa shape index (κ2) is 3.81. The molecule has 0 spiro atoms. The summed E-state index contributed by atoms with van der Waals surface area (Å²) in [6.07, 6.45) is 0. The predicted molar refractivity (Wildman–Crippen MR) is 72.2 cm³/mol. The van der Waals surface area contributed by atoms with Gasteiger partial charge in [-0.1, -0.05) is 24.3 Å². The van der Waals surface area contributed by atoms with E-state index in [-0.39, 0.29) is 0 Å². The second-order valence-electron chi connectivity index (χ2n) is 4.60. The summed E-state index contributed by atoms with van der Waals surface area (Å²) in [6, 6.07) is 10.0. The molecule has 0 saturated heterocycles. The quantitative estimate of drug-likeness (QED) is 0.754. The average molecular weight is 248 g/mol. The van der Waals surface area contributed by atoms with Crippen molar-refractivity contribution in [2.45, 2.75) is 18.9 Å². The van der Waals surface area contributed by atoms with Crippen LogP contribution in [0.5, 0.6) is 5.75 Å². The maximum atomic E-state index is 10.0. The molecule has 1 aliphatic rings. The number of halogens is 1. The van der Waals surface area contributed by atoms with Gasteiger partial charge in [0.05, 0.1) is 0 Å². The zero-order valence-electron chi connectivity index (χ0n) is 9.57. The Balaban J connectivity index is 2.35. The number of phenolic OH excluding ortho intramolecular Hbond substituents is 1. The van der Waals surface area contributed by atoms with E-state index in [1.807, 2.05) is 24.3 Å². The first kappa shape index (κ1) is 10.7. The van der Waals surface area contributed by atoms with Crippen molar-refractivity contribution in [3.8, 4) is 5.75 Å². The number of rotatable bonds is 1. The Morgan fingerprint density at radius 3 is 2.71 bits per heavy atom. The molecule has 2 nitrogen and oxygen atoms in total. The van der Waals surface area contributed by atoms with Crippen LogP contribution in [0.3, 0.4) is 0 Å². The first-order valence-electron chi connectivity index (χ1n) is 5.79. The summed E-state index contributed by atoms with van der Waals surface area (Å²) in [7, 11) is 0. The SMILES string of the molecule is C[C@H]1Nc2cc(O)c3ccccc3c2[C@@H]1CCl. The topological polar surface area (TPSA) is 32.3 Å². The first-order valence-corrected chi connectivity index (χ1v) is 6.33. The lowest BCUT2D eigenvalue weighted by atomic mass is 9.92. The van der Waals surface area contributed by atoms with Crippen molar-refractivity contribution in [3.05, 3.63) is 35.9 Å². The molecule has 0 fully saturated rings. The Bertz CT molecular complexity index is 582. The molecular weight excluding hydrogens is 234 g/mol. The maximum absolute atomic E-state index is 10.0. The van der Waals surface area contributed by atoms with Gasteiger partial charge in [0.1, 0.15) is 5.75 Å². The van der Waals surface area contributed by atoms with Crippen LogP contribution in [-0.2, 0) is 0 Å². The fourth-order valence-electron chi connectivity index (χ4n) is 2.70. The van der Waals surface area contributed by atoms with Crippen LogP contribution >= 0.6 is 11.6 Å². The summed E-state index contributed by atoms with van der Waals surface area (Å²) in [5.74, 6) is 1.22. The number of hydrogen-bond donors (Lipinski definition) is 2. The standard InChI is InChI=1S/C14H14ClNO/c1-8-11(7-15)14-10-5-3-2-4-9(10)13(17)6-12(14)16-8/h2-6,8,11,16-17H,7H2,1H3/t8-,11-/m1/s1. The van der Waals surface area contributed by atoms with E-state index in [1.54, 1.807) is 6.07 Å². The van der Waals surface area contributed by atoms with Crippen LogP contribution in [0, 0.1) is 0 Å². The number of aromatic hydroxyl groups is 1. The molecule has 17 heavy (non-hydrogen) atoms. The van der Waals surface area contributed by atoms with Crippen molar-refractivity contribution < 1.29 is 5.11 Å². The fraction of sp³-hybridized carbons (Fsp3) is 0.286. The minimum Gasteiger partial charge on any atom is -0.507 e. The van der Waals surface area contributed by atoms with Crippen LogP contribution in [0.4, 0.5) is 5.69 Å². The van der Waals surface area contributed by atoms with E-state index in [1.165, 1.54) is 5.56 Å². The van der Waals surface area contributed by atoms with Crippen molar-refractivity contribution in [1.29, 1.82) is 0 Å². The van der Waals surface area contributed by atoms with Crippen LogP contribution in [0.2, 0.25) is 0 Å². The summed E-state index contributed by atoms with van der Waals surface area (Å²) in [6.45, 7) is 2.12. The van der Waals surface area contributed by atoms with Crippen LogP contribution in [0.15, 0.2) is 30.3 Å². The molecular formula is C14H14ClNO. The highest BCUT2D eigenvalue weighted by molar-refractivity contribution is 6.18. The summed E-state index contributed by atoms with van der Waals surface area (Å²) < 4.78 is 0. The van der Waals surface area contributed by atoms with E-state index in [9.17, 15) is 5.11 Å². The van der Waals surface area contributed by atoms with Gasteiger partial charge in [0.25, 0.3) is 0 Å². The lowest BCUT2D eigenvalue weighted by molar-refractivity contribution is 0.482. The highest BCUT2D eigenvalue weighted by atomic mass is 35.5. The van der Waals surface area contributed by atoms with Crippen molar-refractivity contribution in [3.63, 3.8) is 0 Å². The average Bonchev–Trinajstić information content (AvgIpc) is 2.65. The van der Waals surface area contributed by atoms with Crippen LogP contribution in [0.1, 0.15) is 18.4 Å². The Hall–Kier alpha value is -1.41. The number of alkyl halides is 1. The number of phenols is 1. The number of hydrogen-bond acceptors (Lipinski definition) is 2. The molecule has 2 aromatic carbocycles. The lowest BCUT2D eigenvalue weighted by Gasteiger charge is -2.13. The zero-order valence-corrected chi connectivity index (χ0v) is 10.3. The van der Waals surface area contributed by atoms with Gasteiger partial charge in [-0.05, 0) is 17.9 Å². The third kappa shape index (κ3) is 1.48. The van der Waals surface area contributed by atoms with E-state index in [0.717, 1.165) is 16.5 Å². The van der Waals surface area contributed by atoms with Gasteiger partial charge in [-0.15, -0.1) is 11.6 Å². The largest absolute Gasteiger partial charge is 0.507 e. The Morgan fingerprint density at radius 2 is 2.00 bits per heavy atom. The number of nitrogens with one attached hydrogen (secondary N) is 1. The summed E-state index contributed by atoms with van der Waals surface area (Å²) >= 11 is 6.07. The van der Waals surface area contributed by atoms with Gasteiger partial charge >= 0.3 is 0 Å².